The van der Waals surface area contributed by atoms with Crippen LogP contribution in [0.5, 0.6) is 0 Å². The van der Waals surface area contributed by atoms with Gasteiger partial charge in [0.2, 0.25) is 0 Å². The second kappa shape index (κ2) is 7.93. The van der Waals surface area contributed by atoms with Crippen molar-refractivity contribution in [1.82, 2.24) is 4.98 Å². The number of nitrogens with zero attached hydrogens (tertiary/aromatic N) is 3. The fourth-order valence-electron chi connectivity index (χ4n) is 2.76. The van der Waals surface area contributed by atoms with E-state index in [-0.39, 0.29) is 28.4 Å². The number of anilines is 2. The summed E-state index contributed by atoms with van der Waals surface area (Å²) in [6.07, 6.45) is 3.01. The molecule has 0 aromatic carbocycles. The first-order valence-corrected chi connectivity index (χ1v) is 7.74. The number of pyridine rings is 1. The van der Waals surface area contributed by atoms with Crippen molar-refractivity contribution < 1.29 is 29.8 Å². The lowest BCUT2D eigenvalue weighted by atomic mass is 9.93. The van der Waals surface area contributed by atoms with E-state index in [1.807, 2.05) is 4.90 Å². The number of esters is 1. The van der Waals surface area contributed by atoms with Crippen molar-refractivity contribution in [1.29, 1.82) is 0 Å². The summed E-state index contributed by atoms with van der Waals surface area (Å²) in [5.41, 5.74) is -0.238. The minimum atomic E-state index is -1.20. The van der Waals surface area contributed by atoms with Crippen LogP contribution in [0.15, 0.2) is 12.3 Å². The van der Waals surface area contributed by atoms with Crippen molar-refractivity contribution in [3.63, 3.8) is 0 Å². The number of ether oxygens (including phenoxy) is 1. The number of rotatable bonds is 6. The first-order chi connectivity index (χ1) is 11.4. The van der Waals surface area contributed by atoms with E-state index < -0.39 is 5.97 Å². The third-order valence-electron chi connectivity index (χ3n) is 3.98. The van der Waals surface area contributed by atoms with Crippen molar-refractivity contribution in [2.24, 2.45) is 5.92 Å². The highest BCUT2D eigenvalue weighted by Crippen LogP contribution is 2.31. The Bertz CT molecular complexity index is 599. The fraction of sp³-hybridized carbons (Fsp3) is 0.533. The molecule has 0 radical (unpaired) electrons. The average molecular weight is 339 g/mol. The highest BCUT2D eigenvalue weighted by atomic mass is 16.8. The van der Waals surface area contributed by atoms with Crippen molar-refractivity contribution in [3.05, 3.63) is 17.8 Å². The first kappa shape index (κ1) is 18.0. The van der Waals surface area contributed by atoms with Gasteiger partial charge in [0.1, 0.15) is 5.69 Å². The molecule has 0 unspecified atom stereocenters. The number of aromatic nitrogens is 1. The molecule has 1 fully saturated rings. The molecule has 0 amide bonds. The van der Waals surface area contributed by atoms with Crippen LogP contribution in [0, 0.1) is 5.92 Å². The van der Waals surface area contributed by atoms with Crippen LogP contribution in [0.4, 0.5) is 11.5 Å². The van der Waals surface area contributed by atoms with E-state index >= 15 is 0 Å². The molecular weight excluding hydrogens is 318 g/mol. The number of hydrogen-bond acceptors (Lipinski definition) is 8. The van der Waals surface area contributed by atoms with Gasteiger partial charge in [-0.15, -0.1) is 5.23 Å². The molecule has 0 bridgehead atoms. The number of carboxylic acid groups (broad SMARTS) is 1. The number of hydrogen-bond donors (Lipinski definition) is 3. The lowest BCUT2D eigenvalue weighted by Crippen LogP contribution is -2.36. The lowest BCUT2D eigenvalue weighted by molar-refractivity contribution is -0.144. The summed E-state index contributed by atoms with van der Waals surface area (Å²) >= 11 is 0. The van der Waals surface area contributed by atoms with Crippen LogP contribution in [0.2, 0.25) is 0 Å². The smallest absolute Gasteiger partial charge is 0.337 e. The minimum absolute atomic E-state index is 0.0984. The zero-order valence-electron chi connectivity index (χ0n) is 13.4. The normalized spacial score (nSPS) is 15.2. The van der Waals surface area contributed by atoms with E-state index in [9.17, 15) is 20.0 Å². The van der Waals surface area contributed by atoms with E-state index in [1.54, 1.807) is 6.92 Å². The molecule has 1 saturated heterocycles. The number of carboxylic acids is 1. The van der Waals surface area contributed by atoms with Gasteiger partial charge < -0.3 is 14.7 Å². The van der Waals surface area contributed by atoms with Gasteiger partial charge >= 0.3 is 11.9 Å². The Morgan fingerprint density at radius 1 is 1.38 bits per heavy atom. The summed E-state index contributed by atoms with van der Waals surface area (Å²) in [7, 11) is 0. The second-order valence-electron chi connectivity index (χ2n) is 5.60. The molecule has 2 rings (SSSR count). The predicted molar refractivity (Wildman–Crippen MR) is 83.4 cm³/mol. The van der Waals surface area contributed by atoms with E-state index in [2.05, 4.69) is 4.98 Å². The van der Waals surface area contributed by atoms with Crippen LogP contribution >= 0.6 is 0 Å². The van der Waals surface area contributed by atoms with Gasteiger partial charge in [-0.1, -0.05) is 0 Å². The maximum absolute atomic E-state index is 11.5. The van der Waals surface area contributed by atoms with Crippen LogP contribution in [0.1, 0.15) is 36.5 Å². The Labute approximate surface area is 139 Å². The van der Waals surface area contributed by atoms with E-state index in [0.717, 1.165) is 18.9 Å². The van der Waals surface area contributed by atoms with Gasteiger partial charge in [0.05, 0.1) is 12.2 Å². The minimum Gasteiger partial charge on any atom is -0.478 e. The van der Waals surface area contributed by atoms with Gasteiger partial charge in [-0.25, -0.2) is 9.78 Å². The summed E-state index contributed by atoms with van der Waals surface area (Å²) in [4.78, 5) is 28.4. The number of carbonyl (C=O) groups excluding carboxylic acids is 1. The van der Waals surface area contributed by atoms with Crippen molar-refractivity contribution in [2.75, 3.05) is 29.8 Å². The standard InChI is InChI=1S/C15H21N3O6/c1-2-24-13(19)7-10-3-5-17(6-4-10)14-12(18(22)23)8-11(9-16-14)15(20)21/h8-10,22-23H,2-7H2,1H3,(H,20,21). The van der Waals surface area contributed by atoms with Crippen molar-refractivity contribution in [2.45, 2.75) is 26.2 Å². The van der Waals surface area contributed by atoms with Gasteiger partial charge in [-0.3, -0.25) is 15.2 Å². The van der Waals surface area contributed by atoms with Gasteiger partial charge in [-0.05, 0) is 31.7 Å². The number of aromatic carboxylic acids is 1. The molecule has 1 aliphatic rings. The maximum atomic E-state index is 11.5. The van der Waals surface area contributed by atoms with Crippen molar-refractivity contribution in [3.8, 4) is 0 Å². The molecule has 1 aromatic rings. The molecule has 9 nitrogen and oxygen atoms in total. The summed E-state index contributed by atoms with van der Waals surface area (Å²) in [6.45, 7) is 3.28. The van der Waals surface area contributed by atoms with Crippen LogP contribution < -0.4 is 10.1 Å². The van der Waals surface area contributed by atoms with Gasteiger partial charge in [0.15, 0.2) is 5.82 Å². The third kappa shape index (κ3) is 4.33. The summed E-state index contributed by atoms with van der Waals surface area (Å²) in [5.74, 6) is -0.913. The number of piperidine rings is 1. The van der Waals surface area contributed by atoms with E-state index in [1.165, 1.54) is 6.20 Å². The quantitative estimate of drug-likeness (QED) is 0.523. The Morgan fingerprint density at radius 2 is 2.04 bits per heavy atom. The first-order valence-electron chi connectivity index (χ1n) is 7.74. The molecule has 2 heterocycles. The van der Waals surface area contributed by atoms with Crippen LogP contribution in [-0.2, 0) is 9.53 Å². The molecule has 0 saturated carbocycles. The summed E-state index contributed by atoms with van der Waals surface area (Å²) < 4.78 is 4.95. The van der Waals surface area contributed by atoms with Crippen LogP contribution in [-0.4, -0.2) is 52.1 Å². The average Bonchev–Trinajstić information content (AvgIpc) is 2.55. The van der Waals surface area contributed by atoms with Crippen LogP contribution in [0.3, 0.4) is 0 Å². The molecule has 1 aliphatic heterocycles. The molecule has 9 heteroatoms. The molecule has 0 spiro atoms. The molecule has 132 valence electrons. The zero-order valence-corrected chi connectivity index (χ0v) is 13.4. The number of carbonyl (C=O) groups is 2. The molecular formula is C15H21N3O6. The van der Waals surface area contributed by atoms with E-state index in [0.29, 0.717) is 31.9 Å². The summed E-state index contributed by atoms with van der Waals surface area (Å²) in [5, 5.41) is 27.5. The SMILES string of the molecule is CCOC(=O)CC1CCN(c2ncc(C(=O)O)cc2N(O)O)CC1. The van der Waals surface area contributed by atoms with Gasteiger partial charge in [0, 0.05) is 25.7 Å². The van der Waals surface area contributed by atoms with Gasteiger partial charge in [-0.2, -0.15) is 0 Å². The van der Waals surface area contributed by atoms with Crippen molar-refractivity contribution >= 4 is 23.4 Å². The molecule has 24 heavy (non-hydrogen) atoms. The fourth-order valence-corrected chi connectivity index (χ4v) is 2.76. The summed E-state index contributed by atoms with van der Waals surface area (Å²) in [6, 6.07) is 1.15. The Morgan fingerprint density at radius 3 is 2.58 bits per heavy atom. The topological polar surface area (TPSA) is 123 Å². The molecule has 1 aromatic heterocycles. The monoisotopic (exact) mass is 339 g/mol. The highest BCUT2D eigenvalue weighted by Gasteiger charge is 2.26. The second-order valence-corrected chi connectivity index (χ2v) is 5.60. The maximum Gasteiger partial charge on any atom is 0.337 e. The Kier molecular flexibility index (Phi) is 5.93. The lowest BCUT2D eigenvalue weighted by Gasteiger charge is -2.33. The van der Waals surface area contributed by atoms with Gasteiger partial charge in [0.25, 0.3) is 0 Å². The Hall–Kier alpha value is -2.39. The van der Waals surface area contributed by atoms with E-state index in [4.69, 9.17) is 9.84 Å². The highest BCUT2D eigenvalue weighted by molar-refractivity contribution is 5.89. The molecule has 3 N–H and O–H groups in total. The Balaban J connectivity index is 2.06. The molecule has 0 atom stereocenters. The van der Waals surface area contributed by atoms with Crippen LogP contribution in [0.25, 0.3) is 0 Å². The predicted octanol–water partition coefficient (Wildman–Crippen LogP) is 1.53. The molecule has 0 aliphatic carbocycles. The largest absolute Gasteiger partial charge is 0.478 e. The zero-order chi connectivity index (χ0) is 17.7. The third-order valence-corrected chi connectivity index (χ3v) is 3.98.